The minimum atomic E-state index is -0.167. The predicted octanol–water partition coefficient (Wildman–Crippen LogP) is 6.92. The van der Waals surface area contributed by atoms with Gasteiger partial charge in [0.25, 0.3) is 11.8 Å². The number of amides is 2. The molecule has 0 atom stereocenters. The number of hydrogen-bond acceptors (Lipinski definition) is 4. The third-order valence-electron chi connectivity index (χ3n) is 7.66. The molecule has 2 heterocycles. The van der Waals surface area contributed by atoms with E-state index in [0.29, 0.717) is 17.5 Å². The second-order valence-corrected chi connectivity index (χ2v) is 11.4. The van der Waals surface area contributed by atoms with E-state index in [1.807, 2.05) is 169 Å². The normalized spacial score (nSPS) is 10.6. The largest absolute Gasteiger partial charge is 0.355 e. The van der Waals surface area contributed by atoms with Crippen LogP contribution < -0.4 is 30.4 Å². The molecule has 0 saturated heterocycles. The van der Waals surface area contributed by atoms with Crippen LogP contribution in [0.5, 0.6) is 0 Å². The van der Waals surface area contributed by atoms with Crippen molar-refractivity contribution < 1.29 is 18.7 Å². The summed E-state index contributed by atoms with van der Waals surface area (Å²) in [5, 5.41) is 12.6. The summed E-state index contributed by atoms with van der Waals surface area (Å²) in [5.74, 6) is -0.334. The zero-order valence-corrected chi connectivity index (χ0v) is 26.3. The number of anilines is 6. The molecule has 0 fully saturated rings. The molecule has 8 nitrogen and oxygen atoms in total. The molecule has 2 amide bonds. The molecule has 8 heteroatoms. The first kappa shape index (κ1) is 30.7. The van der Waals surface area contributed by atoms with E-state index in [0.717, 1.165) is 45.3 Å². The minimum absolute atomic E-state index is 0.167. The molecule has 0 spiro atoms. The number of nitrogens with one attached hydrogen (secondary N) is 4. The van der Waals surface area contributed by atoms with Crippen molar-refractivity contribution in [3.8, 4) is 0 Å². The van der Waals surface area contributed by atoms with Crippen LogP contribution in [0.2, 0.25) is 0 Å². The lowest BCUT2D eigenvalue weighted by molar-refractivity contribution is -0.671. The number of aromatic nitrogens is 2. The van der Waals surface area contributed by atoms with Crippen molar-refractivity contribution in [3.63, 3.8) is 0 Å². The first-order chi connectivity index (χ1) is 22.9. The van der Waals surface area contributed by atoms with Gasteiger partial charge in [0.2, 0.25) is 0 Å². The molecular weight excluding hydrogens is 584 g/mol. The van der Waals surface area contributed by atoms with Gasteiger partial charge >= 0.3 is 0 Å². The lowest BCUT2D eigenvalue weighted by atomic mass is 10.0. The molecule has 6 aromatic rings. The summed E-state index contributed by atoms with van der Waals surface area (Å²) in [5.41, 5.74) is 8.61. The van der Waals surface area contributed by atoms with E-state index >= 15 is 0 Å². The Morgan fingerprint density at radius 1 is 0.426 bits per heavy atom. The zero-order chi connectivity index (χ0) is 32.6. The molecule has 47 heavy (non-hydrogen) atoms. The molecule has 232 valence electrons. The maximum Gasteiger partial charge on any atom is 0.255 e. The quantitative estimate of drug-likeness (QED) is 0.125. The van der Waals surface area contributed by atoms with Gasteiger partial charge in [-0.2, -0.15) is 0 Å². The first-order valence-electron chi connectivity index (χ1n) is 15.3. The highest BCUT2D eigenvalue weighted by molar-refractivity contribution is 6.05. The number of carbonyl (C=O) groups excluding carboxylic acids is 2. The number of hydrogen-bond donors (Lipinski definition) is 4. The maximum atomic E-state index is 12.9. The number of benzene rings is 4. The highest BCUT2D eigenvalue weighted by atomic mass is 16.2. The van der Waals surface area contributed by atoms with E-state index in [4.69, 9.17) is 0 Å². The molecule has 6 rings (SSSR count). The highest BCUT2D eigenvalue weighted by Crippen LogP contribution is 2.21. The van der Waals surface area contributed by atoms with Crippen LogP contribution in [0.25, 0.3) is 0 Å². The van der Waals surface area contributed by atoms with Crippen LogP contribution in [-0.4, -0.2) is 11.8 Å². The number of nitrogens with zero attached hydrogens (tertiary/aromatic N) is 2. The van der Waals surface area contributed by atoms with Crippen LogP contribution in [0, 0.1) is 0 Å². The van der Waals surface area contributed by atoms with Crippen LogP contribution in [-0.2, 0) is 20.5 Å². The summed E-state index contributed by atoms with van der Waals surface area (Å²) in [6.07, 6.45) is 8.60. The van der Waals surface area contributed by atoms with Gasteiger partial charge in [-0.1, -0.05) is 24.3 Å². The standard InChI is InChI=1S/C39H34N6O2/c1-44-23-19-36(20-24-44)40-32-11-15-34(16-12-32)42-38(46)30-7-3-28(4-8-30)27-29-5-9-31(10-6-29)39(47)43-35-17-13-33(14-18-35)41-37-21-25-45(2)26-22-37/h3-26H,27H2,1-2H3,(H2,42,43,46,47)/p+2. The molecule has 0 aliphatic rings. The first-order valence-corrected chi connectivity index (χ1v) is 15.3. The molecule has 4 aromatic carbocycles. The van der Waals surface area contributed by atoms with Crippen molar-refractivity contribution in [2.24, 2.45) is 14.1 Å². The van der Waals surface area contributed by atoms with Gasteiger partial charge in [-0.15, -0.1) is 0 Å². The molecule has 0 aliphatic carbocycles. The number of rotatable bonds is 10. The second-order valence-electron chi connectivity index (χ2n) is 11.4. The zero-order valence-electron chi connectivity index (χ0n) is 26.3. The van der Waals surface area contributed by atoms with Crippen LogP contribution >= 0.6 is 0 Å². The van der Waals surface area contributed by atoms with Crippen molar-refractivity contribution in [2.75, 3.05) is 21.3 Å². The van der Waals surface area contributed by atoms with E-state index < -0.39 is 0 Å². The molecule has 0 bridgehead atoms. The highest BCUT2D eigenvalue weighted by Gasteiger charge is 2.09. The van der Waals surface area contributed by atoms with Gasteiger partial charge in [0, 0.05) is 58.1 Å². The maximum absolute atomic E-state index is 12.9. The lowest BCUT2D eigenvalue weighted by Gasteiger charge is -2.10. The Hall–Kier alpha value is -6.28. The summed E-state index contributed by atoms with van der Waals surface area (Å²) in [4.78, 5) is 25.7. The second kappa shape index (κ2) is 14.2. The Kier molecular flexibility index (Phi) is 9.30. The van der Waals surface area contributed by atoms with E-state index in [1.54, 1.807) is 0 Å². The summed E-state index contributed by atoms with van der Waals surface area (Å²) >= 11 is 0. The number of pyridine rings is 2. The Labute approximate surface area is 274 Å². The average Bonchev–Trinajstić information content (AvgIpc) is 3.09. The van der Waals surface area contributed by atoms with Crippen LogP contribution in [0.3, 0.4) is 0 Å². The molecular formula is C39H36N6O2+2. The SMILES string of the molecule is C[n+]1ccc(Nc2ccc(NC(=O)c3ccc(Cc4ccc(C(=O)Nc5ccc(Nc6cc[n+](C)cc6)cc5)cc4)cc3)cc2)cc1. The van der Waals surface area contributed by atoms with Gasteiger partial charge < -0.3 is 21.3 Å². The van der Waals surface area contributed by atoms with Gasteiger partial charge in [-0.05, 0) is 90.3 Å². The van der Waals surface area contributed by atoms with Crippen LogP contribution in [0.1, 0.15) is 31.8 Å². The molecule has 0 saturated carbocycles. The third kappa shape index (κ3) is 8.46. The minimum Gasteiger partial charge on any atom is -0.355 e. The van der Waals surface area contributed by atoms with Gasteiger partial charge in [0.1, 0.15) is 14.1 Å². The van der Waals surface area contributed by atoms with E-state index in [9.17, 15) is 9.59 Å². The molecule has 0 aliphatic heterocycles. The Balaban J connectivity index is 0.981. The fraction of sp³-hybridized carbons (Fsp3) is 0.0769. The molecule has 4 N–H and O–H groups in total. The molecule has 0 unspecified atom stereocenters. The van der Waals surface area contributed by atoms with Crippen LogP contribution in [0.4, 0.5) is 34.1 Å². The Bertz CT molecular complexity index is 1810. The Morgan fingerprint density at radius 3 is 1.06 bits per heavy atom. The number of carbonyl (C=O) groups is 2. The fourth-order valence-electron chi connectivity index (χ4n) is 4.97. The van der Waals surface area contributed by atoms with Crippen molar-refractivity contribution in [2.45, 2.75) is 6.42 Å². The van der Waals surface area contributed by atoms with Crippen molar-refractivity contribution in [1.82, 2.24) is 0 Å². The summed E-state index contributed by atoms with van der Waals surface area (Å²) in [7, 11) is 3.95. The van der Waals surface area contributed by atoms with Crippen molar-refractivity contribution >= 4 is 45.9 Å². The lowest BCUT2D eigenvalue weighted by Crippen LogP contribution is -2.25. The van der Waals surface area contributed by atoms with Gasteiger partial charge in [-0.3, -0.25) is 9.59 Å². The Morgan fingerprint density at radius 2 is 0.723 bits per heavy atom. The predicted molar refractivity (Wildman–Crippen MR) is 186 cm³/mol. The van der Waals surface area contributed by atoms with Crippen molar-refractivity contribution in [3.05, 3.63) is 168 Å². The summed E-state index contributed by atoms with van der Waals surface area (Å²) in [6, 6.07) is 38.4. The van der Waals surface area contributed by atoms with Crippen LogP contribution in [0.15, 0.2) is 146 Å². The monoisotopic (exact) mass is 620 g/mol. The summed E-state index contributed by atoms with van der Waals surface area (Å²) < 4.78 is 3.95. The smallest absolute Gasteiger partial charge is 0.255 e. The van der Waals surface area contributed by atoms with Crippen molar-refractivity contribution in [1.29, 1.82) is 0 Å². The van der Waals surface area contributed by atoms with E-state index in [-0.39, 0.29) is 11.8 Å². The topological polar surface area (TPSA) is 90.0 Å². The molecule has 2 aromatic heterocycles. The van der Waals surface area contributed by atoms with Gasteiger partial charge in [0.05, 0.1) is 11.4 Å². The fourth-order valence-corrected chi connectivity index (χ4v) is 4.97. The summed E-state index contributed by atoms with van der Waals surface area (Å²) in [6.45, 7) is 0. The van der Waals surface area contributed by atoms with E-state index in [1.165, 1.54) is 0 Å². The average molecular weight is 621 g/mol. The third-order valence-corrected chi connectivity index (χ3v) is 7.66. The number of aryl methyl sites for hydroxylation is 2. The van der Waals surface area contributed by atoms with Gasteiger partial charge in [0.15, 0.2) is 24.8 Å². The molecule has 0 radical (unpaired) electrons. The van der Waals surface area contributed by atoms with Gasteiger partial charge in [-0.25, -0.2) is 9.13 Å². The van der Waals surface area contributed by atoms with E-state index in [2.05, 4.69) is 21.3 Å².